The molecule has 0 fully saturated rings. The van der Waals surface area contributed by atoms with E-state index in [0.717, 1.165) is 0 Å². The van der Waals surface area contributed by atoms with Crippen molar-refractivity contribution >= 4 is 33.0 Å². The van der Waals surface area contributed by atoms with Crippen molar-refractivity contribution in [2.45, 2.75) is 0 Å². The molecule has 6 aromatic rings. The van der Waals surface area contributed by atoms with Gasteiger partial charge in [0.2, 0.25) is 0 Å². The number of fused-ring (bicyclic) bond motifs is 2. The van der Waals surface area contributed by atoms with Crippen molar-refractivity contribution in [1.29, 1.82) is 0 Å². The summed E-state index contributed by atoms with van der Waals surface area (Å²) in [6.45, 7) is 0. The highest BCUT2D eigenvalue weighted by Crippen LogP contribution is 2.49. The molecule has 31 heavy (non-hydrogen) atoms. The molecule has 0 N–H and O–H groups in total. The van der Waals surface area contributed by atoms with Gasteiger partial charge in [-0.05, 0) is 17.2 Å². The van der Waals surface area contributed by atoms with Gasteiger partial charge in [-0.1, -0.05) is 103 Å². The lowest BCUT2D eigenvalue weighted by molar-refractivity contribution is 0.979. The number of hydrogen-bond donors (Lipinski definition) is 0. The van der Waals surface area contributed by atoms with E-state index in [1.54, 1.807) is 0 Å². The third-order valence-electron chi connectivity index (χ3n) is 6.04. The molecule has 0 saturated heterocycles. The Balaban J connectivity index is 1.75. The number of nitrogens with zero attached hydrogens (tertiary/aromatic N) is 1. The van der Waals surface area contributed by atoms with Crippen LogP contribution in [-0.4, -0.2) is 4.57 Å². The van der Waals surface area contributed by atoms with E-state index >= 15 is 0 Å². The summed E-state index contributed by atoms with van der Waals surface area (Å²) in [6, 6.07) is 39.1. The largest absolute Gasteiger partial charge is 0.343 e. The van der Waals surface area contributed by atoms with Crippen LogP contribution in [0.5, 0.6) is 0 Å². The molecule has 2 heterocycles. The Morgan fingerprint density at radius 3 is 1.71 bits per heavy atom. The Bertz CT molecular complexity index is 1520. The second-order valence-electron chi connectivity index (χ2n) is 7.84. The van der Waals surface area contributed by atoms with E-state index < -0.39 is 0 Å². The topological polar surface area (TPSA) is 4.93 Å². The lowest BCUT2D eigenvalue weighted by Gasteiger charge is -2.08. The van der Waals surface area contributed by atoms with E-state index in [9.17, 15) is 0 Å². The molecule has 0 aliphatic heterocycles. The van der Waals surface area contributed by atoms with Crippen LogP contribution in [0.2, 0.25) is 0 Å². The smallest absolute Gasteiger partial charge is 0.0576 e. The summed E-state index contributed by atoms with van der Waals surface area (Å²) < 4.78 is 2.34. The van der Waals surface area contributed by atoms with Crippen molar-refractivity contribution in [3.63, 3.8) is 0 Å². The zero-order chi connectivity index (χ0) is 20.8. The monoisotopic (exact) mass is 415 g/mol. The average molecular weight is 416 g/mol. The number of aryl methyl sites for hydroxylation is 1. The standard InChI is InChI=1S/C29H21NS/c1-30-25-19-11-10-18-24(25)26(27(30)20-12-4-2-5-13-20)29-23-17-9-8-16-22(23)28(31-29)21-14-6-3-7-15-21/h2-19H,1H3. The summed E-state index contributed by atoms with van der Waals surface area (Å²) in [5, 5.41) is 3.94. The van der Waals surface area contributed by atoms with Gasteiger partial charge < -0.3 is 4.57 Å². The van der Waals surface area contributed by atoms with Crippen LogP contribution >= 0.6 is 11.3 Å². The quantitative estimate of drug-likeness (QED) is 0.273. The first kappa shape index (κ1) is 18.2. The van der Waals surface area contributed by atoms with Gasteiger partial charge in [0, 0.05) is 44.0 Å². The lowest BCUT2D eigenvalue weighted by Crippen LogP contribution is -1.92. The molecule has 0 spiro atoms. The SMILES string of the molecule is Cn1c(-c2ccccc2)c(-c2sc(-c3ccccc3)c3ccccc23)c2ccccc21. The summed E-state index contributed by atoms with van der Waals surface area (Å²) in [7, 11) is 2.18. The van der Waals surface area contributed by atoms with Crippen LogP contribution in [-0.2, 0) is 7.05 Å². The first-order valence-corrected chi connectivity index (χ1v) is 11.3. The minimum Gasteiger partial charge on any atom is -0.343 e. The fourth-order valence-electron chi connectivity index (χ4n) is 4.64. The molecule has 0 amide bonds. The fraction of sp³-hybridized carbons (Fsp3) is 0.0345. The molecule has 0 saturated carbocycles. The number of benzene rings is 4. The van der Waals surface area contributed by atoms with Crippen molar-refractivity contribution in [1.82, 2.24) is 4.57 Å². The van der Waals surface area contributed by atoms with Crippen molar-refractivity contribution < 1.29 is 0 Å². The molecular weight excluding hydrogens is 394 g/mol. The molecule has 0 radical (unpaired) electrons. The van der Waals surface area contributed by atoms with E-state index in [4.69, 9.17) is 0 Å². The van der Waals surface area contributed by atoms with E-state index in [1.807, 2.05) is 11.3 Å². The molecule has 4 aromatic carbocycles. The lowest BCUT2D eigenvalue weighted by atomic mass is 10.00. The van der Waals surface area contributed by atoms with Gasteiger partial charge in [-0.3, -0.25) is 0 Å². The maximum Gasteiger partial charge on any atom is 0.0576 e. The highest BCUT2D eigenvalue weighted by atomic mass is 32.1. The zero-order valence-corrected chi connectivity index (χ0v) is 18.1. The van der Waals surface area contributed by atoms with Gasteiger partial charge in [-0.25, -0.2) is 0 Å². The van der Waals surface area contributed by atoms with Crippen molar-refractivity contribution in [2.24, 2.45) is 7.05 Å². The van der Waals surface area contributed by atoms with Crippen LogP contribution in [0.1, 0.15) is 0 Å². The van der Waals surface area contributed by atoms with Gasteiger partial charge >= 0.3 is 0 Å². The van der Waals surface area contributed by atoms with E-state index in [2.05, 4.69) is 121 Å². The van der Waals surface area contributed by atoms with Crippen LogP contribution in [0.25, 0.3) is 53.8 Å². The van der Waals surface area contributed by atoms with Crippen LogP contribution in [0.4, 0.5) is 0 Å². The third-order valence-corrected chi connectivity index (χ3v) is 7.33. The van der Waals surface area contributed by atoms with Gasteiger partial charge in [0.15, 0.2) is 0 Å². The second-order valence-corrected chi connectivity index (χ2v) is 8.86. The van der Waals surface area contributed by atoms with Crippen LogP contribution in [0.3, 0.4) is 0 Å². The van der Waals surface area contributed by atoms with Crippen molar-refractivity contribution in [3.8, 4) is 32.1 Å². The summed E-state index contributed by atoms with van der Waals surface area (Å²) >= 11 is 1.90. The number of aromatic nitrogens is 1. The predicted molar refractivity (Wildman–Crippen MR) is 135 cm³/mol. The molecule has 2 aromatic heterocycles. The van der Waals surface area contributed by atoms with Crippen LogP contribution in [0.15, 0.2) is 109 Å². The molecule has 148 valence electrons. The van der Waals surface area contributed by atoms with E-state index in [-0.39, 0.29) is 0 Å². The van der Waals surface area contributed by atoms with Crippen LogP contribution < -0.4 is 0 Å². The van der Waals surface area contributed by atoms with Gasteiger partial charge in [0.1, 0.15) is 0 Å². The van der Waals surface area contributed by atoms with Gasteiger partial charge in [0.25, 0.3) is 0 Å². The summed E-state index contributed by atoms with van der Waals surface area (Å²) in [5.41, 5.74) is 6.38. The Hall–Kier alpha value is -3.62. The first-order chi connectivity index (χ1) is 15.3. The fourth-order valence-corrected chi connectivity index (χ4v) is 5.98. The van der Waals surface area contributed by atoms with Gasteiger partial charge in [-0.2, -0.15) is 0 Å². The third kappa shape index (κ3) is 2.83. The average Bonchev–Trinajstić information content (AvgIpc) is 3.36. The highest BCUT2D eigenvalue weighted by Gasteiger charge is 2.22. The van der Waals surface area contributed by atoms with Crippen molar-refractivity contribution in [2.75, 3.05) is 0 Å². The summed E-state index contributed by atoms with van der Waals surface area (Å²) in [6.07, 6.45) is 0. The molecule has 0 aliphatic carbocycles. The Morgan fingerprint density at radius 2 is 1.03 bits per heavy atom. The zero-order valence-electron chi connectivity index (χ0n) is 17.2. The molecular formula is C29H21NS. The first-order valence-electron chi connectivity index (χ1n) is 10.5. The summed E-state index contributed by atoms with van der Waals surface area (Å²) in [5.74, 6) is 0. The number of thiophene rings is 1. The van der Waals surface area contributed by atoms with Crippen molar-refractivity contribution in [3.05, 3.63) is 109 Å². The molecule has 0 atom stereocenters. The second kappa shape index (κ2) is 7.26. The molecule has 0 unspecified atom stereocenters. The maximum absolute atomic E-state index is 2.34. The normalized spacial score (nSPS) is 11.4. The van der Waals surface area contributed by atoms with Crippen LogP contribution in [0, 0.1) is 0 Å². The Morgan fingerprint density at radius 1 is 0.516 bits per heavy atom. The van der Waals surface area contributed by atoms with E-state index in [0.29, 0.717) is 0 Å². The highest BCUT2D eigenvalue weighted by molar-refractivity contribution is 7.21. The number of hydrogen-bond acceptors (Lipinski definition) is 1. The molecule has 1 nitrogen and oxygen atoms in total. The van der Waals surface area contributed by atoms with Gasteiger partial charge in [-0.15, -0.1) is 11.3 Å². The molecule has 0 bridgehead atoms. The number of rotatable bonds is 3. The summed E-state index contributed by atoms with van der Waals surface area (Å²) in [4.78, 5) is 2.67. The predicted octanol–water partition coefficient (Wildman–Crippen LogP) is 8.39. The maximum atomic E-state index is 2.34. The molecule has 2 heteroatoms. The van der Waals surface area contributed by atoms with E-state index in [1.165, 1.54) is 53.8 Å². The molecule has 0 aliphatic rings. The van der Waals surface area contributed by atoms with Gasteiger partial charge in [0.05, 0.1) is 5.69 Å². The minimum atomic E-state index is 1.25. The Labute approximate surface area is 185 Å². The Kier molecular flexibility index (Phi) is 4.26. The number of para-hydroxylation sites is 1. The molecule has 6 rings (SSSR count). The minimum absolute atomic E-state index is 1.25.